The molecular weight excluding hydrogens is 412 g/mol. The Bertz CT molecular complexity index is 1300. The molecule has 5 rings (SSSR count). The van der Waals surface area contributed by atoms with Crippen LogP contribution < -0.4 is 9.47 Å². The standard InChI is InChI=1S/C28H26N2O3/c1-32-21-12-7-19(8-13-21)9-16-26(31)30-18-17-24-23-5-3-4-6-25(23)29-27(24)28(30)20-10-14-22(33-2)15-11-20/h3-16,28-29H,17-18H2,1-2H3. The van der Waals surface area contributed by atoms with Crippen LogP contribution in [0, 0.1) is 0 Å². The number of benzene rings is 3. The first-order valence-electron chi connectivity index (χ1n) is 11.0. The number of hydrogen-bond acceptors (Lipinski definition) is 3. The monoisotopic (exact) mass is 438 g/mol. The molecule has 0 radical (unpaired) electrons. The summed E-state index contributed by atoms with van der Waals surface area (Å²) in [7, 11) is 3.30. The van der Waals surface area contributed by atoms with E-state index in [1.54, 1.807) is 20.3 Å². The number of para-hydroxylation sites is 1. The largest absolute Gasteiger partial charge is 0.497 e. The van der Waals surface area contributed by atoms with Gasteiger partial charge in [0.1, 0.15) is 11.5 Å². The summed E-state index contributed by atoms with van der Waals surface area (Å²) in [6.07, 6.45) is 4.33. The fraction of sp³-hybridized carbons (Fsp3) is 0.179. The molecule has 33 heavy (non-hydrogen) atoms. The summed E-state index contributed by atoms with van der Waals surface area (Å²) in [4.78, 5) is 18.9. The number of ether oxygens (including phenoxy) is 2. The van der Waals surface area contributed by atoms with Crippen LogP contribution >= 0.6 is 0 Å². The summed E-state index contributed by atoms with van der Waals surface area (Å²) < 4.78 is 10.6. The number of fused-ring (bicyclic) bond motifs is 3. The predicted octanol–water partition coefficient (Wildman–Crippen LogP) is 5.37. The van der Waals surface area contributed by atoms with Crippen molar-refractivity contribution in [2.45, 2.75) is 12.5 Å². The van der Waals surface area contributed by atoms with Gasteiger partial charge in [0.15, 0.2) is 0 Å². The fourth-order valence-corrected chi connectivity index (χ4v) is 4.59. The Kier molecular flexibility index (Phi) is 5.61. The number of nitrogens with one attached hydrogen (secondary N) is 1. The van der Waals surface area contributed by atoms with E-state index in [-0.39, 0.29) is 11.9 Å². The molecule has 3 aromatic carbocycles. The zero-order valence-corrected chi connectivity index (χ0v) is 18.7. The van der Waals surface area contributed by atoms with Crippen LogP contribution in [0.4, 0.5) is 0 Å². The van der Waals surface area contributed by atoms with Gasteiger partial charge in [0.25, 0.3) is 0 Å². The van der Waals surface area contributed by atoms with E-state index in [1.807, 2.05) is 65.6 Å². The highest BCUT2D eigenvalue weighted by Gasteiger charge is 2.33. The molecule has 1 unspecified atom stereocenters. The predicted molar refractivity (Wildman–Crippen MR) is 131 cm³/mol. The Morgan fingerprint density at radius 2 is 1.61 bits per heavy atom. The molecule has 4 aromatic rings. The molecule has 0 aliphatic carbocycles. The van der Waals surface area contributed by atoms with Crippen molar-refractivity contribution in [1.82, 2.24) is 9.88 Å². The van der Waals surface area contributed by atoms with Gasteiger partial charge in [-0.05, 0) is 59.5 Å². The fourth-order valence-electron chi connectivity index (χ4n) is 4.59. The molecule has 1 aromatic heterocycles. The highest BCUT2D eigenvalue weighted by atomic mass is 16.5. The van der Waals surface area contributed by atoms with E-state index in [4.69, 9.17) is 9.47 Å². The third-order valence-corrected chi connectivity index (χ3v) is 6.28. The van der Waals surface area contributed by atoms with Gasteiger partial charge >= 0.3 is 0 Å². The van der Waals surface area contributed by atoms with Crippen LogP contribution in [0.1, 0.15) is 28.4 Å². The number of amides is 1. The van der Waals surface area contributed by atoms with Crippen LogP contribution in [0.25, 0.3) is 17.0 Å². The SMILES string of the molecule is COc1ccc(C=CC(=O)N2CCc3c([nH]c4ccccc34)C2c2ccc(OC)cc2)cc1. The molecule has 5 nitrogen and oxygen atoms in total. The maximum absolute atomic E-state index is 13.4. The van der Waals surface area contributed by atoms with E-state index in [1.165, 1.54) is 10.9 Å². The molecular formula is C28H26N2O3. The van der Waals surface area contributed by atoms with Crippen molar-refractivity contribution in [3.8, 4) is 11.5 Å². The van der Waals surface area contributed by atoms with Crippen molar-refractivity contribution in [1.29, 1.82) is 0 Å². The van der Waals surface area contributed by atoms with Crippen LogP contribution in [0.5, 0.6) is 11.5 Å². The molecule has 1 N–H and O–H groups in total. The van der Waals surface area contributed by atoms with Crippen LogP contribution in [0.2, 0.25) is 0 Å². The van der Waals surface area contributed by atoms with Gasteiger partial charge in [0.2, 0.25) is 5.91 Å². The lowest BCUT2D eigenvalue weighted by Gasteiger charge is -2.35. The molecule has 0 fully saturated rings. The van der Waals surface area contributed by atoms with Gasteiger partial charge in [-0.15, -0.1) is 0 Å². The van der Waals surface area contributed by atoms with Crippen LogP contribution in [-0.4, -0.2) is 36.6 Å². The molecule has 2 heterocycles. The van der Waals surface area contributed by atoms with Crippen molar-refractivity contribution >= 4 is 22.9 Å². The lowest BCUT2D eigenvalue weighted by atomic mass is 9.92. The summed E-state index contributed by atoms with van der Waals surface area (Å²) in [6, 6.07) is 23.8. The second kappa shape index (κ2) is 8.87. The summed E-state index contributed by atoms with van der Waals surface area (Å²) >= 11 is 0. The van der Waals surface area contributed by atoms with Gasteiger partial charge in [0.05, 0.1) is 20.3 Å². The molecule has 166 valence electrons. The second-order valence-electron chi connectivity index (χ2n) is 8.13. The first kappa shape index (κ1) is 20.9. The van der Waals surface area contributed by atoms with Crippen molar-refractivity contribution in [2.75, 3.05) is 20.8 Å². The minimum Gasteiger partial charge on any atom is -0.497 e. The lowest BCUT2D eigenvalue weighted by molar-refractivity contribution is -0.128. The van der Waals surface area contributed by atoms with Gasteiger partial charge < -0.3 is 19.4 Å². The number of aromatic nitrogens is 1. The number of nitrogens with zero attached hydrogens (tertiary/aromatic N) is 1. The lowest BCUT2D eigenvalue weighted by Crippen LogP contribution is -2.39. The first-order chi connectivity index (χ1) is 16.2. The summed E-state index contributed by atoms with van der Waals surface area (Å²) in [6.45, 7) is 0.650. The van der Waals surface area contributed by atoms with E-state index < -0.39 is 0 Å². The van der Waals surface area contributed by atoms with E-state index in [0.29, 0.717) is 6.54 Å². The van der Waals surface area contributed by atoms with Crippen LogP contribution in [-0.2, 0) is 11.2 Å². The Labute approximate surface area is 193 Å². The molecule has 0 saturated carbocycles. The Morgan fingerprint density at radius 3 is 2.30 bits per heavy atom. The first-order valence-corrected chi connectivity index (χ1v) is 11.0. The second-order valence-corrected chi connectivity index (χ2v) is 8.13. The zero-order chi connectivity index (χ0) is 22.8. The molecule has 5 heteroatoms. The molecule has 0 bridgehead atoms. The molecule has 0 spiro atoms. The third kappa shape index (κ3) is 3.98. The summed E-state index contributed by atoms with van der Waals surface area (Å²) in [5.41, 5.74) is 5.47. The minimum atomic E-state index is -0.194. The number of carbonyl (C=O) groups is 1. The number of rotatable bonds is 5. The number of hydrogen-bond donors (Lipinski definition) is 1. The average Bonchev–Trinajstić information content (AvgIpc) is 3.26. The topological polar surface area (TPSA) is 54.6 Å². The van der Waals surface area contributed by atoms with Gasteiger partial charge in [-0.2, -0.15) is 0 Å². The van der Waals surface area contributed by atoms with Gasteiger partial charge in [0, 0.05) is 29.2 Å². The number of carbonyl (C=O) groups excluding carboxylic acids is 1. The van der Waals surface area contributed by atoms with E-state index in [2.05, 4.69) is 23.2 Å². The number of methoxy groups -OCH3 is 2. The maximum Gasteiger partial charge on any atom is 0.247 e. The highest BCUT2D eigenvalue weighted by molar-refractivity contribution is 5.93. The van der Waals surface area contributed by atoms with E-state index in [9.17, 15) is 4.79 Å². The molecule has 1 amide bonds. The number of H-pyrrole nitrogens is 1. The quantitative estimate of drug-likeness (QED) is 0.426. The third-order valence-electron chi connectivity index (χ3n) is 6.28. The van der Waals surface area contributed by atoms with Crippen molar-refractivity contribution in [3.63, 3.8) is 0 Å². The normalized spacial score (nSPS) is 15.6. The minimum absolute atomic E-state index is 0.0176. The zero-order valence-electron chi connectivity index (χ0n) is 18.7. The molecule has 1 atom stereocenters. The Hall–Kier alpha value is -3.99. The van der Waals surface area contributed by atoms with Crippen molar-refractivity contribution in [3.05, 3.63) is 101 Å². The van der Waals surface area contributed by atoms with Crippen LogP contribution in [0.15, 0.2) is 78.9 Å². The Morgan fingerprint density at radius 1 is 0.939 bits per heavy atom. The maximum atomic E-state index is 13.4. The molecule has 1 aliphatic heterocycles. The van der Waals surface area contributed by atoms with Gasteiger partial charge in [-0.25, -0.2) is 0 Å². The van der Waals surface area contributed by atoms with E-state index in [0.717, 1.165) is 40.3 Å². The Balaban J connectivity index is 1.52. The summed E-state index contributed by atoms with van der Waals surface area (Å²) in [5.74, 6) is 1.57. The number of aromatic amines is 1. The average molecular weight is 439 g/mol. The molecule has 1 aliphatic rings. The smallest absolute Gasteiger partial charge is 0.247 e. The summed E-state index contributed by atoms with van der Waals surface area (Å²) in [5, 5.41) is 1.23. The van der Waals surface area contributed by atoms with E-state index >= 15 is 0 Å². The van der Waals surface area contributed by atoms with Crippen LogP contribution in [0.3, 0.4) is 0 Å². The van der Waals surface area contributed by atoms with Gasteiger partial charge in [-0.3, -0.25) is 4.79 Å². The van der Waals surface area contributed by atoms with Crippen molar-refractivity contribution < 1.29 is 14.3 Å². The van der Waals surface area contributed by atoms with Gasteiger partial charge in [-0.1, -0.05) is 42.5 Å². The van der Waals surface area contributed by atoms with Crippen molar-refractivity contribution in [2.24, 2.45) is 0 Å². The highest BCUT2D eigenvalue weighted by Crippen LogP contribution is 2.39. The molecule has 0 saturated heterocycles.